The van der Waals surface area contributed by atoms with E-state index >= 15 is 0 Å². The molecule has 21 heavy (non-hydrogen) atoms. The minimum absolute atomic E-state index is 0.373. The smallest absolute Gasteiger partial charge is 0.212 e. The number of aromatic nitrogens is 1. The van der Waals surface area contributed by atoms with Gasteiger partial charge in [-0.15, -0.1) is 0 Å². The molecular weight excluding hydrogens is 264 g/mol. The molecule has 2 heterocycles. The fraction of sp³-hybridized carbons (Fsp3) is 0.625. The van der Waals surface area contributed by atoms with Crippen LogP contribution in [0.1, 0.15) is 32.8 Å². The molecule has 0 saturated carbocycles. The van der Waals surface area contributed by atoms with Crippen LogP contribution in [-0.2, 0) is 6.54 Å². The average Bonchev–Trinajstić information content (AvgIpc) is 2.84. The predicted molar refractivity (Wildman–Crippen MR) is 85.6 cm³/mol. The van der Waals surface area contributed by atoms with Gasteiger partial charge in [0.25, 0.3) is 0 Å². The van der Waals surface area contributed by atoms with Crippen LogP contribution in [0.2, 0.25) is 0 Å². The Labute approximate surface area is 127 Å². The highest BCUT2D eigenvalue weighted by molar-refractivity contribution is 5.80. The van der Waals surface area contributed by atoms with Crippen LogP contribution in [0, 0.1) is 5.41 Å². The SMILES string of the molecule is CCNC(=NCc1ccc(OC)nc1)N1CCC(C)(C)C1. The molecule has 0 aliphatic carbocycles. The zero-order chi connectivity index (χ0) is 15.3. The van der Waals surface area contributed by atoms with Crippen molar-refractivity contribution in [3.63, 3.8) is 0 Å². The molecule has 1 aliphatic rings. The second kappa shape index (κ2) is 6.78. The van der Waals surface area contributed by atoms with E-state index in [4.69, 9.17) is 9.73 Å². The third-order valence-corrected chi connectivity index (χ3v) is 3.73. The minimum Gasteiger partial charge on any atom is -0.481 e. The largest absolute Gasteiger partial charge is 0.481 e. The van der Waals surface area contributed by atoms with Gasteiger partial charge in [0.2, 0.25) is 5.88 Å². The Bertz CT molecular complexity index is 482. The molecule has 5 nitrogen and oxygen atoms in total. The monoisotopic (exact) mass is 290 g/mol. The number of nitrogens with zero attached hydrogens (tertiary/aromatic N) is 3. The van der Waals surface area contributed by atoms with Crippen molar-refractivity contribution in [2.24, 2.45) is 10.4 Å². The summed E-state index contributed by atoms with van der Waals surface area (Å²) in [5.74, 6) is 1.63. The standard InChI is InChI=1S/C16H26N4O/c1-5-17-15(20-9-8-16(2,3)12-20)19-11-13-6-7-14(21-4)18-10-13/h6-7,10H,5,8-9,11-12H2,1-4H3,(H,17,19). The molecule has 116 valence electrons. The third kappa shape index (κ3) is 4.34. The van der Waals surface area contributed by atoms with Crippen molar-refractivity contribution in [1.82, 2.24) is 15.2 Å². The highest BCUT2D eigenvalue weighted by Crippen LogP contribution is 2.28. The van der Waals surface area contributed by atoms with E-state index in [1.807, 2.05) is 18.3 Å². The third-order valence-electron chi connectivity index (χ3n) is 3.73. The quantitative estimate of drug-likeness (QED) is 0.683. The highest BCUT2D eigenvalue weighted by atomic mass is 16.5. The number of hydrogen-bond acceptors (Lipinski definition) is 3. The van der Waals surface area contributed by atoms with E-state index in [1.165, 1.54) is 6.42 Å². The van der Waals surface area contributed by atoms with Crippen molar-refractivity contribution in [3.8, 4) is 5.88 Å². The van der Waals surface area contributed by atoms with Crippen LogP contribution in [0.5, 0.6) is 5.88 Å². The first-order chi connectivity index (χ1) is 10.0. The summed E-state index contributed by atoms with van der Waals surface area (Å²) in [6.07, 6.45) is 3.03. The predicted octanol–water partition coefficient (Wildman–Crippen LogP) is 2.29. The van der Waals surface area contributed by atoms with E-state index in [1.54, 1.807) is 7.11 Å². The first-order valence-corrected chi connectivity index (χ1v) is 7.56. The summed E-state index contributed by atoms with van der Waals surface area (Å²) in [7, 11) is 1.62. The number of hydrogen-bond donors (Lipinski definition) is 1. The van der Waals surface area contributed by atoms with Crippen molar-refractivity contribution in [2.75, 3.05) is 26.7 Å². The molecule has 2 rings (SSSR count). The maximum absolute atomic E-state index is 5.07. The lowest BCUT2D eigenvalue weighted by Crippen LogP contribution is -2.40. The summed E-state index contributed by atoms with van der Waals surface area (Å²) < 4.78 is 5.07. The van der Waals surface area contributed by atoms with Gasteiger partial charge in [-0.1, -0.05) is 19.9 Å². The average molecular weight is 290 g/mol. The summed E-state index contributed by atoms with van der Waals surface area (Å²) in [6.45, 7) is 10.4. The van der Waals surface area contributed by atoms with Crippen LogP contribution in [0.3, 0.4) is 0 Å². The molecule has 1 N–H and O–H groups in total. The lowest BCUT2D eigenvalue weighted by Gasteiger charge is -2.23. The van der Waals surface area contributed by atoms with Gasteiger partial charge in [0.05, 0.1) is 13.7 Å². The molecule has 0 bridgehead atoms. The van der Waals surface area contributed by atoms with E-state index in [0.717, 1.165) is 31.2 Å². The second-order valence-electron chi connectivity index (χ2n) is 6.21. The lowest BCUT2D eigenvalue weighted by molar-refractivity contribution is 0.370. The van der Waals surface area contributed by atoms with E-state index in [9.17, 15) is 0 Å². The first kappa shape index (κ1) is 15.6. The van der Waals surface area contributed by atoms with Gasteiger partial charge in [-0.25, -0.2) is 9.98 Å². The summed E-state index contributed by atoms with van der Waals surface area (Å²) >= 11 is 0. The molecule has 1 aliphatic heterocycles. The van der Waals surface area contributed by atoms with Gasteiger partial charge in [0, 0.05) is 31.9 Å². The minimum atomic E-state index is 0.373. The summed E-state index contributed by atoms with van der Waals surface area (Å²) in [6, 6.07) is 3.88. The lowest BCUT2D eigenvalue weighted by atomic mass is 9.93. The Morgan fingerprint density at radius 2 is 2.29 bits per heavy atom. The van der Waals surface area contributed by atoms with E-state index < -0.39 is 0 Å². The molecule has 0 radical (unpaired) electrons. The Kier molecular flexibility index (Phi) is 5.04. The molecule has 1 fully saturated rings. The van der Waals surface area contributed by atoms with Crippen molar-refractivity contribution >= 4 is 5.96 Å². The molecule has 1 aromatic rings. The molecule has 0 amide bonds. The fourth-order valence-electron chi connectivity index (χ4n) is 2.51. The summed E-state index contributed by atoms with van der Waals surface area (Å²) in [4.78, 5) is 11.3. The van der Waals surface area contributed by atoms with Crippen molar-refractivity contribution in [2.45, 2.75) is 33.7 Å². The Balaban J connectivity index is 2.03. The Morgan fingerprint density at radius 1 is 1.48 bits per heavy atom. The number of likely N-dealkylation sites (tertiary alicyclic amines) is 1. The van der Waals surface area contributed by atoms with Crippen LogP contribution in [0.25, 0.3) is 0 Å². The number of nitrogens with one attached hydrogen (secondary N) is 1. The van der Waals surface area contributed by atoms with Crippen LogP contribution < -0.4 is 10.1 Å². The summed E-state index contributed by atoms with van der Waals surface area (Å²) in [5.41, 5.74) is 1.46. The second-order valence-corrected chi connectivity index (χ2v) is 6.21. The van der Waals surface area contributed by atoms with Gasteiger partial charge >= 0.3 is 0 Å². The summed E-state index contributed by atoms with van der Waals surface area (Å²) in [5, 5.41) is 3.39. The van der Waals surface area contributed by atoms with Crippen molar-refractivity contribution in [3.05, 3.63) is 23.9 Å². The number of pyridine rings is 1. The number of rotatable bonds is 4. The van der Waals surface area contributed by atoms with E-state index in [-0.39, 0.29) is 0 Å². The normalized spacial score (nSPS) is 17.9. The van der Waals surface area contributed by atoms with Crippen molar-refractivity contribution < 1.29 is 4.74 Å². The Hall–Kier alpha value is -1.78. The molecule has 0 aromatic carbocycles. The molecule has 0 atom stereocenters. The van der Waals surface area contributed by atoms with Gasteiger partial charge in [0.1, 0.15) is 0 Å². The molecular formula is C16H26N4O. The molecule has 0 spiro atoms. The molecule has 5 heteroatoms. The fourth-order valence-corrected chi connectivity index (χ4v) is 2.51. The zero-order valence-electron chi connectivity index (χ0n) is 13.5. The zero-order valence-corrected chi connectivity index (χ0v) is 13.5. The van der Waals surface area contributed by atoms with Gasteiger partial charge in [-0.05, 0) is 24.3 Å². The van der Waals surface area contributed by atoms with Crippen molar-refractivity contribution in [1.29, 1.82) is 0 Å². The first-order valence-electron chi connectivity index (χ1n) is 7.56. The molecule has 0 unspecified atom stereocenters. The van der Waals surface area contributed by atoms with Gasteiger partial charge in [0.15, 0.2) is 5.96 Å². The van der Waals surface area contributed by atoms with Crippen LogP contribution in [0.15, 0.2) is 23.3 Å². The molecule has 1 aromatic heterocycles. The molecule has 1 saturated heterocycles. The van der Waals surface area contributed by atoms with Gasteiger partial charge in [-0.3, -0.25) is 0 Å². The van der Waals surface area contributed by atoms with E-state index in [2.05, 4.69) is 36.0 Å². The van der Waals surface area contributed by atoms with Gasteiger partial charge < -0.3 is 15.0 Å². The maximum atomic E-state index is 5.07. The number of methoxy groups -OCH3 is 1. The Morgan fingerprint density at radius 3 is 2.81 bits per heavy atom. The number of guanidine groups is 1. The van der Waals surface area contributed by atoms with Crippen LogP contribution in [-0.4, -0.2) is 42.6 Å². The van der Waals surface area contributed by atoms with Crippen LogP contribution in [0.4, 0.5) is 0 Å². The van der Waals surface area contributed by atoms with E-state index in [0.29, 0.717) is 17.8 Å². The highest BCUT2D eigenvalue weighted by Gasteiger charge is 2.30. The number of ether oxygens (including phenoxy) is 1. The number of aliphatic imine (C=N–C) groups is 1. The maximum Gasteiger partial charge on any atom is 0.212 e. The topological polar surface area (TPSA) is 49.8 Å². The van der Waals surface area contributed by atoms with Crippen LogP contribution >= 0.6 is 0 Å². The van der Waals surface area contributed by atoms with Gasteiger partial charge in [-0.2, -0.15) is 0 Å².